The first-order valence-electron chi connectivity index (χ1n) is 27.2. The largest absolute Gasteiger partial charge is 0.397 e. The van der Waals surface area contributed by atoms with Gasteiger partial charge in [-0.3, -0.25) is 4.55 Å². The van der Waals surface area contributed by atoms with Gasteiger partial charge in [0.2, 0.25) is 0 Å². The van der Waals surface area contributed by atoms with Crippen molar-refractivity contribution >= 4 is 10.4 Å². The third-order valence-corrected chi connectivity index (χ3v) is 20.0. The number of hydrogen-bond donors (Lipinski definition) is 14. The Labute approximate surface area is 452 Å². The molecule has 0 unspecified atom stereocenters. The summed E-state index contributed by atoms with van der Waals surface area (Å²) in [6.07, 6.45) is -28.2. The molecule has 8 fully saturated rings. The van der Waals surface area contributed by atoms with Gasteiger partial charge in [0.15, 0.2) is 30.9 Å². The number of allylic oxidation sites excluding steroid dienone is 1. The molecule has 26 nitrogen and oxygen atoms in total. The van der Waals surface area contributed by atoms with Gasteiger partial charge >= 0.3 is 10.4 Å². The molecule has 14 N–H and O–H groups in total. The third-order valence-electron chi connectivity index (χ3n) is 19.5. The van der Waals surface area contributed by atoms with Crippen LogP contribution in [0.5, 0.6) is 0 Å². The Bertz CT molecular complexity index is 2240. The standard InChI is InChI=1S/C51H82O26S/c1-19(18-68-45-39(60)37(58)34(55)29(16-52)72-45)9-12-51(64)20(2)32-28(76-51)15-27-25-8-7-23-13-24(71-47-41(62)38(59)35(56)30(17-53)73-47)14-31(50(23,6)26(25)10-11-49(27,32)5)74-48-44(42(63)43(22(4)70-48)77-78(65,66)67)75-46-40(61)36(57)33(54)21(3)69-46/h7,20-22,24-48,52-64H,1,8-18H2,2-6H3,(H,65,66,67)/t20-,21-,22+,24+,25+,26-,27-,28-,29+,30+,31+,32-,33-,34+,35+,36+,37-,38-,39+,40+,41+,42-,43-,44+,45+,46-,47+,48-,49-,50-,51+/m0/s1. The van der Waals surface area contributed by atoms with E-state index in [4.69, 9.17) is 46.8 Å². The first-order valence-corrected chi connectivity index (χ1v) is 28.6. The van der Waals surface area contributed by atoms with Gasteiger partial charge in [-0.15, -0.1) is 0 Å². The van der Waals surface area contributed by atoms with E-state index in [2.05, 4.69) is 26.5 Å². The van der Waals surface area contributed by atoms with Crippen LogP contribution in [0.25, 0.3) is 0 Å². The maximum Gasteiger partial charge on any atom is 0.397 e. The molecule has 448 valence electrons. The van der Waals surface area contributed by atoms with Gasteiger partial charge in [-0.05, 0) is 81.5 Å². The molecule has 0 aromatic carbocycles. The number of rotatable bonds is 16. The lowest BCUT2D eigenvalue weighted by atomic mass is 9.46. The highest BCUT2D eigenvalue weighted by atomic mass is 32.3. The van der Waals surface area contributed by atoms with E-state index in [0.717, 1.165) is 5.57 Å². The van der Waals surface area contributed by atoms with Gasteiger partial charge < -0.3 is 109 Å². The Morgan fingerprint density at radius 1 is 0.705 bits per heavy atom. The van der Waals surface area contributed by atoms with Crippen LogP contribution < -0.4 is 0 Å². The van der Waals surface area contributed by atoms with Crippen molar-refractivity contribution in [2.24, 2.45) is 40.4 Å². The summed E-state index contributed by atoms with van der Waals surface area (Å²) in [5, 5.41) is 139. The van der Waals surface area contributed by atoms with Crippen LogP contribution in [0.15, 0.2) is 23.8 Å². The van der Waals surface area contributed by atoms with Crippen LogP contribution in [0.3, 0.4) is 0 Å². The highest BCUT2D eigenvalue weighted by Gasteiger charge is 2.69. The van der Waals surface area contributed by atoms with E-state index < -0.39 is 170 Å². The van der Waals surface area contributed by atoms with Crippen molar-refractivity contribution in [3.05, 3.63) is 23.8 Å². The van der Waals surface area contributed by atoms with Crippen LogP contribution >= 0.6 is 0 Å². The quantitative estimate of drug-likeness (QED) is 0.0533. The normalized spacial score (nSPS) is 53.4. The van der Waals surface area contributed by atoms with Crippen LogP contribution in [0, 0.1) is 40.4 Å². The van der Waals surface area contributed by atoms with Crippen molar-refractivity contribution < 1.29 is 126 Å². The zero-order valence-electron chi connectivity index (χ0n) is 44.3. The first kappa shape index (κ1) is 61.0. The summed E-state index contributed by atoms with van der Waals surface area (Å²) < 4.78 is 94.0. The molecule has 9 aliphatic rings. The molecule has 0 bridgehead atoms. The second kappa shape index (κ2) is 23.1. The zero-order chi connectivity index (χ0) is 56.9. The number of aliphatic hydroxyl groups excluding tert-OH is 12. The summed E-state index contributed by atoms with van der Waals surface area (Å²) in [5.74, 6) is -1.92. The summed E-state index contributed by atoms with van der Waals surface area (Å²) in [6, 6.07) is 0. The second-order valence-electron chi connectivity index (χ2n) is 24.0. The number of fused-ring (bicyclic) bond motifs is 7. The van der Waals surface area contributed by atoms with Gasteiger partial charge in [-0.2, -0.15) is 8.42 Å². The molecular weight excluding hydrogens is 1060 g/mol. The maximum absolute atomic E-state index is 12.2. The molecule has 0 aromatic rings. The molecule has 5 aliphatic heterocycles. The lowest BCUT2D eigenvalue weighted by molar-refractivity contribution is -0.371. The fourth-order valence-corrected chi connectivity index (χ4v) is 15.7. The van der Waals surface area contributed by atoms with Crippen LogP contribution in [0.1, 0.15) is 86.0 Å². The van der Waals surface area contributed by atoms with Crippen molar-refractivity contribution in [1.82, 2.24) is 0 Å². The number of hydrogen-bond acceptors (Lipinski definition) is 25. The predicted molar refractivity (Wildman–Crippen MR) is 261 cm³/mol. The van der Waals surface area contributed by atoms with Crippen molar-refractivity contribution in [3.8, 4) is 0 Å². The van der Waals surface area contributed by atoms with E-state index in [1.54, 1.807) is 0 Å². The van der Waals surface area contributed by atoms with Gasteiger partial charge in [-0.1, -0.05) is 44.6 Å². The lowest BCUT2D eigenvalue weighted by Gasteiger charge is -2.61. The Balaban J connectivity index is 0.962. The topological polar surface area (TPSA) is 410 Å². The van der Waals surface area contributed by atoms with Crippen molar-refractivity contribution in [2.45, 2.75) is 233 Å². The molecular formula is C51H82O26S. The van der Waals surface area contributed by atoms with Crippen LogP contribution in [0.2, 0.25) is 0 Å². The van der Waals surface area contributed by atoms with Gasteiger partial charge in [-0.25, -0.2) is 4.18 Å². The molecule has 5 heterocycles. The highest BCUT2D eigenvalue weighted by molar-refractivity contribution is 7.80. The molecule has 27 heteroatoms. The SMILES string of the molecule is C=C(CC[C@@]1(O)O[C@H]2C[C@H]3[C@@H]4CC=C5C[C@@H](O[C@@H]6O[C@H](CO)[C@@H](O)[C@H](O)[C@H]6O)C[C@@H](O[C@@H]6O[C@H](C)[C@H](OS(=O)(=O)O)[C@H](O)[C@H]6O[C@@H]6O[C@@H](C)[C@H](O)[C@@H](O)[C@H]6O)[C@]5(C)[C@H]4CC[C@]3(C)[C@H]2[C@@H]1C)CO[C@@H]1O[C@H](CO)[C@@H](O)[C@H](O)[C@H]1O. The average Bonchev–Trinajstić information content (AvgIpc) is 3.55. The minimum absolute atomic E-state index is 0.0249. The van der Waals surface area contributed by atoms with Crippen molar-refractivity contribution in [1.29, 1.82) is 0 Å². The van der Waals surface area contributed by atoms with Gasteiger partial charge in [0.1, 0.15) is 85.5 Å². The summed E-state index contributed by atoms with van der Waals surface area (Å²) in [7, 11) is -5.21. The predicted octanol–water partition coefficient (Wildman–Crippen LogP) is -3.26. The molecule has 0 spiro atoms. The molecule has 0 amide bonds. The monoisotopic (exact) mass is 1140 g/mol. The summed E-state index contributed by atoms with van der Waals surface area (Å²) in [5.41, 5.74) is 0.268. The highest BCUT2D eigenvalue weighted by Crippen LogP contribution is 2.70. The summed E-state index contributed by atoms with van der Waals surface area (Å²) >= 11 is 0. The number of ether oxygens (including phenoxy) is 9. The van der Waals surface area contributed by atoms with Gasteiger partial charge in [0.05, 0.1) is 50.3 Å². The molecule has 5 saturated heterocycles. The first-order chi connectivity index (χ1) is 36.6. The van der Waals surface area contributed by atoms with E-state index in [-0.39, 0.29) is 73.4 Å². The van der Waals surface area contributed by atoms with E-state index in [1.807, 2.05) is 6.92 Å². The summed E-state index contributed by atoms with van der Waals surface area (Å²) in [4.78, 5) is 0. The van der Waals surface area contributed by atoms with Crippen LogP contribution in [-0.4, -0.2) is 246 Å². The van der Waals surface area contributed by atoms with Gasteiger partial charge in [0.25, 0.3) is 0 Å². The fraction of sp³-hybridized carbons (Fsp3) is 0.922. The number of aliphatic hydroxyl groups is 13. The second-order valence-corrected chi connectivity index (χ2v) is 25.0. The van der Waals surface area contributed by atoms with Crippen molar-refractivity contribution in [3.63, 3.8) is 0 Å². The summed E-state index contributed by atoms with van der Waals surface area (Å²) in [6.45, 7) is 11.8. The van der Waals surface area contributed by atoms with Crippen LogP contribution in [0.4, 0.5) is 0 Å². The average molecular weight is 1140 g/mol. The van der Waals surface area contributed by atoms with Crippen molar-refractivity contribution in [2.75, 3.05) is 19.8 Å². The van der Waals surface area contributed by atoms with E-state index in [1.165, 1.54) is 13.8 Å². The lowest BCUT2D eigenvalue weighted by Crippen LogP contribution is -2.65. The molecule has 31 atom stereocenters. The Morgan fingerprint density at radius 3 is 1.92 bits per heavy atom. The fourth-order valence-electron chi connectivity index (χ4n) is 15.1. The van der Waals surface area contributed by atoms with E-state index in [9.17, 15) is 79.4 Å². The van der Waals surface area contributed by atoms with E-state index in [0.29, 0.717) is 31.3 Å². The Kier molecular flexibility index (Phi) is 18.1. The minimum atomic E-state index is -5.21. The molecule has 78 heavy (non-hydrogen) atoms. The van der Waals surface area contributed by atoms with E-state index >= 15 is 0 Å². The Hall–Kier alpha value is -1.53. The minimum Gasteiger partial charge on any atom is -0.394 e. The maximum atomic E-state index is 12.2. The zero-order valence-corrected chi connectivity index (χ0v) is 45.1. The Morgan fingerprint density at radius 2 is 1.29 bits per heavy atom. The molecule has 0 aromatic heterocycles. The third kappa shape index (κ3) is 11.1. The molecule has 0 radical (unpaired) electrons. The van der Waals surface area contributed by atoms with Gasteiger partial charge in [0, 0.05) is 24.2 Å². The molecule has 4 aliphatic carbocycles. The smallest absolute Gasteiger partial charge is 0.394 e. The van der Waals surface area contributed by atoms with Crippen LogP contribution in [-0.2, 0) is 57.2 Å². The molecule has 3 saturated carbocycles. The molecule has 9 rings (SSSR count).